The van der Waals surface area contributed by atoms with Gasteiger partial charge in [-0.2, -0.15) is 0 Å². The molecule has 3 N–H and O–H groups in total. The van der Waals surface area contributed by atoms with Crippen LogP contribution in [0, 0.1) is 5.41 Å². The van der Waals surface area contributed by atoms with Crippen molar-refractivity contribution in [3.05, 3.63) is 24.2 Å². The van der Waals surface area contributed by atoms with Gasteiger partial charge in [0.2, 0.25) is 5.91 Å². The molecule has 2 atom stereocenters. The number of carbonyl (C=O) groups excluding carboxylic acids is 2. The van der Waals surface area contributed by atoms with Crippen LogP contribution >= 0.6 is 0 Å². The highest BCUT2D eigenvalue weighted by atomic mass is 16.4. The van der Waals surface area contributed by atoms with Crippen LogP contribution in [0.2, 0.25) is 0 Å². The van der Waals surface area contributed by atoms with Crippen molar-refractivity contribution in [3.8, 4) is 0 Å². The first-order valence-electron chi connectivity index (χ1n) is 6.50. The van der Waals surface area contributed by atoms with Crippen molar-refractivity contribution < 1.29 is 23.9 Å². The predicted octanol–water partition coefficient (Wildman–Crippen LogP) is 1.01. The van der Waals surface area contributed by atoms with Crippen LogP contribution in [0.25, 0.3) is 0 Å². The second-order valence-corrected chi connectivity index (χ2v) is 5.82. The van der Waals surface area contributed by atoms with Gasteiger partial charge in [0.15, 0.2) is 5.76 Å². The summed E-state index contributed by atoms with van der Waals surface area (Å²) < 4.78 is 4.91. The highest BCUT2D eigenvalue weighted by Crippen LogP contribution is 2.19. The number of rotatable bonds is 5. The predicted molar refractivity (Wildman–Crippen MR) is 74.7 cm³/mol. The zero-order valence-electron chi connectivity index (χ0n) is 12.5. The molecule has 1 aromatic heterocycles. The summed E-state index contributed by atoms with van der Waals surface area (Å²) in [5.41, 5.74) is -0.647. The van der Waals surface area contributed by atoms with E-state index < -0.39 is 35.3 Å². The molecule has 0 spiro atoms. The third-order valence-corrected chi connectivity index (χ3v) is 2.89. The van der Waals surface area contributed by atoms with E-state index in [-0.39, 0.29) is 5.76 Å². The lowest BCUT2D eigenvalue weighted by molar-refractivity contribution is -0.145. The molecule has 0 aliphatic rings. The monoisotopic (exact) mass is 296 g/mol. The number of carboxylic acid groups (broad SMARTS) is 1. The molecular formula is C14H20N2O5. The largest absolute Gasteiger partial charge is 0.480 e. The molecule has 0 aromatic carbocycles. The van der Waals surface area contributed by atoms with Crippen molar-refractivity contribution in [2.45, 2.75) is 39.8 Å². The van der Waals surface area contributed by atoms with Crippen LogP contribution in [0.5, 0.6) is 0 Å². The van der Waals surface area contributed by atoms with Crippen LogP contribution in [-0.2, 0) is 9.59 Å². The first-order valence-corrected chi connectivity index (χ1v) is 6.50. The third kappa shape index (κ3) is 4.62. The maximum absolute atomic E-state index is 12.0. The lowest BCUT2D eigenvalue weighted by atomic mass is 9.86. The number of carbonyl (C=O) groups is 3. The number of carboxylic acids is 1. The van der Waals surface area contributed by atoms with E-state index in [4.69, 9.17) is 9.52 Å². The zero-order valence-corrected chi connectivity index (χ0v) is 12.5. The lowest BCUT2D eigenvalue weighted by Gasteiger charge is -2.28. The topological polar surface area (TPSA) is 109 Å². The van der Waals surface area contributed by atoms with E-state index in [1.54, 1.807) is 26.8 Å². The molecule has 0 saturated heterocycles. The van der Waals surface area contributed by atoms with E-state index in [2.05, 4.69) is 10.6 Å². The third-order valence-electron chi connectivity index (χ3n) is 2.89. The Labute approximate surface area is 122 Å². The number of hydrogen-bond donors (Lipinski definition) is 3. The molecule has 0 fully saturated rings. The minimum atomic E-state index is -1.12. The summed E-state index contributed by atoms with van der Waals surface area (Å²) in [5.74, 6) is -2.15. The van der Waals surface area contributed by atoms with Crippen molar-refractivity contribution in [2.24, 2.45) is 5.41 Å². The quantitative estimate of drug-likeness (QED) is 0.751. The molecule has 7 nitrogen and oxygen atoms in total. The number of amides is 2. The maximum Gasteiger partial charge on any atom is 0.326 e. The highest BCUT2D eigenvalue weighted by Gasteiger charge is 2.33. The average Bonchev–Trinajstić information content (AvgIpc) is 2.87. The van der Waals surface area contributed by atoms with E-state index in [0.29, 0.717) is 0 Å². The van der Waals surface area contributed by atoms with Gasteiger partial charge in [-0.15, -0.1) is 0 Å². The Morgan fingerprint density at radius 2 is 1.86 bits per heavy atom. The molecule has 2 unspecified atom stereocenters. The van der Waals surface area contributed by atoms with Crippen molar-refractivity contribution >= 4 is 17.8 Å². The fraction of sp³-hybridized carbons (Fsp3) is 0.500. The summed E-state index contributed by atoms with van der Waals surface area (Å²) >= 11 is 0. The van der Waals surface area contributed by atoms with Gasteiger partial charge >= 0.3 is 5.97 Å². The molecule has 1 aromatic rings. The van der Waals surface area contributed by atoms with Crippen LogP contribution in [0.1, 0.15) is 38.2 Å². The maximum atomic E-state index is 12.0. The minimum Gasteiger partial charge on any atom is -0.480 e. The van der Waals surface area contributed by atoms with Crippen LogP contribution in [0.15, 0.2) is 22.8 Å². The van der Waals surface area contributed by atoms with Gasteiger partial charge in [-0.3, -0.25) is 9.59 Å². The normalized spacial score (nSPS) is 14.1. The molecule has 2 amide bonds. The number of nitrogens with one attached hydrogen (secondary N) is 2. The van der Waals surface area contributed by atoms with Crippen molar-refractivity contribution in [1.82, 2.24) is 10.6 Å². The molecule has 7 heteroatoms. The summed E-state index contributed by atoms with van der Waals surface area (Å²) in [5, 5.41) is 14.0. The molecule has 0 aliphatic carbocycles. The average molecular weight is 296 g/mol. The van der Waals surface area contributed by atoms with E-state index >= 15 is 0 Å². The molecule has 21 heavy (non-hydrogen) atoms. The van der Waals surface area contributed by atoms with Gasteiger partial charge in [0, 0.05) is 0 Å². The Hall–Kier alpha value is -2.31. The van der Waals surface area contributed by atoms with Crippen molar-refractivity contribution in [2.75, 3.05) is 0 Å². The van der Waals surface area contributed by atoms with Crippen molar-refractivity contribution in [1.29, 1.82) is 0 Å². The molecule has 0 aliphatic heterocycles. The van der Waals surface area contributed by atoms with Crippen LogP contribution in [0.3, 0.4) is 0 Å². The van der Waals surface area contributed by atoms with Gasteiger partial charge in [-0.25, -0.2) is 4.79 Å². The Bertz CT molecular complexity index is 516. The smallest absolute Gasteiger partial charge is 0.326 e. The lowest BCUT2D eigenvalue weighted by Crippen LogP contribution is -2.54. The first kappa shape index (κ1) is 16.7. The Morgan fingerprint density at radius 1 is 1.24 bits per heavy atom. The Morgan fingerprint density at radius 3 is 2.29 bits per heavy atom. The van der Waals surface area contributed by atoms with E-state index in [1.165, 1.54) is 19.3 Å². The summed E-state index contributed by atoms with van der Waals surface area (Å²) in [6.07, 6.45) is 1.35. The summed E-state index contributed by atoms with van der Waals surface area (Å²) in [6, 6.07) is 1.09. The number of furan rings is 1. The van der Waals surface area contributed by atoms with Gasteiger partial charge in [-0.1, -0.05) is 20.8 Å². The highest BCUT2D eigenvalue weighted by molar-refractivity contribution is 5.96. The van der Waals surface area contributed by atoms with Gasteiger partial charge in [-0.05, 0) is 24.5 Å². The molecule has 0 saturated carbocycles. The fourth-order valence-corrected chi connectivity index (χ4v) is 1.66. The van der Waals surface area contributed by atoms with Crippen LogP contribution in [-0.4, -0.2) is 35.0 Å². The van der Waals surface area contributed by atoms with Crippen molar-refractivity contribution in [3.63, 3.8) is 0 Å². The van der Waals surface area contributed by atoms with E-state index in [9.17, 15) is 14.4 Å². The molecule has 0 radical (unpaired) electrons. The van der Waals surface area contributed by atoms with Gasteiger partial charge in [0.25, 0.3) is 5.91 Å². The number of aliphatic carboxylic acids is 1. The van der Waals surface area contributed by atoms with Gasteiger partial charge in [0.05, 0.1) is 6.26 Å². The fourth-order valence-electron chi connectivity index (χ4n) is 1.66. The minimum absolute atomic E-state index is 0.0836. The molecule has 1 rings (SSSR count). The van der Waals surface area contributed by atoms with Crippen LogP contribution in [0.4, 0.5) is 0 Å². The number of hydrogen-bond acceptors (Lipinski definition) is 4. The first-order chi connectivity index (χ1) is 9.62. The molecular weight excluding hydrogens is 276 g/mol. The van der Waals surface area contributed by atoms with E-state index in [1.807, 2.05) is 0 Å². The Kier molecular flexibility index (Phi) is 5.12. The van der Waals surface area contributed by atoms with Crippen LogP contribution < -0.4 is 10.6 Å². The zero-order chi connectivity index (χ0) is 16.2. The van der Waals surface area contributed by atoms with Gasteiger partial charge < -0.3 is 20.2 Å². The summed E-state index contributed by atoms with van der Waals surface area (Å²) in [7, 11) is 0. The second kappa shape index (κ2) is 6.43. The standard InChI is InChI=1S/C14H20N2O5/c1-8(15-12(18)9-6-5-7-21-9)11(17)16-10(13(19)20)14(2,3)4/h5-8,10H,1-4H3,(H,15,18)(H,16,17)(H,19,20). The second-order valence-electron chi connectivity index (χ2n) is 5.82. The Balaban J connectivity index is 2.66. The van der Waals surface area contributed by atoms with E-state index in [0.717, 1.165) is 0 Å². The molecule has 0 bridgehead atoms. The van der Waals surface area contributed by atoms with Gasteiger partial charge in [0.1, 0.15) is 12.1 Å². The molecule has 1 heterocycles. The summed E-state index contributed by atoms with van der Waals surface area (Å²) in [4.78, 5) is 34.9. The molecule has 116 valence electrons. The SMILES string of the molecule is CC(NC(=O)c1ccco1)C(=O)NC(C(=O)O)C(C)(C)C. The summed E-state index contributed by atoms with van der Waals surface area (Å²) in [6.45, 7) is 6.59.